The Morgan fingerprint density at radius 3 is 2.57 bits per heavy atom. The van der Waals surface area contributed by atoms with E-state index in [2.05, 4.69) is 4.98 Å². The second-order valence-electron chi connectivity index (χ2n) is 2.98. The molecule has 1 aromatic rings. The van der Waals surface area contributed by atoms with E-state index in [0.29, 0.717) is 0 Å². The van der Waals surface area contributed by atoms with Crippen molar-refractivity contribution in [3.8, 4) is 0 Å². The van der Waals surface area contributed by atoms with Crippen molar-refractivity contribution in [2.24, 2.45) is 0 Å². The predicted octanol–water partition coefficient (Wildman–Crippen LogP) is 1.08. The van der Waals surface area contributed by atoms with Crippen LogP contribution in [0.5, 0.6) is 0 Å². The molecular formula is C10H14N2O2. The minimum atomic E-state index is -0.423. The lowest BCUT2D eigenvalue weighted by Gasteiger charge is -2.20. The first-order valence-electron chi connectivity index (χ1n) is 4.37. The smallest absolute Gasteiger partial charge is 0.255 e. The van der Waals surface area contributed by atoms with Crippen LogP contribution in [-0.2, 0) is 9.53 Å². The third kappa shape index (κ3) is 2.29. The number of anilines is 1. The summed E-state index contributed by atoms with van der Waals surface area (Å²) < 4.78 is 4.95. The fourth-order valence-electron chi connectivity index (χ4n) is 1.07. The molecule has 1 atom stereocenters. The third-order valence-electron chi connectivity index (χ3n) is 2.08. The average molecular weight is 194 g/mol. The molecule has 4 heteroatoms. The van der Waals surface area contributed by atoms with E-state index in [0.717, 1.165) is 5.69 Å². The van der Waals surface area contributed by atoms with E-state index in [1.54, 1.807) is 43.4 Å². The van der Waals surface area contributed by atoms with Crippen LogP contribution in [0.25, 0.3) is 0 Å². The van der Waals surface area contributed by atoms with E-state index in [1.165, 1.54) is 7.11 Å². The molecule has 0 aromatic carbocycles. The van der Waals surface area contributed by atoms with Crippen LogP contribution < -0.4 is 4.90 Å². The molecule has 1 rings (SSSR count). The van der Waals surface area contributed by atoms with E-state index in [4.69, 9.17) is 4.74 Å². The van der Waals surface area contributed by atoms with Crippen molar-refractivity contribution in [1.82, 2.24) is 4.98 Å². The van der Waals surface area contributed by atoms with E-state index in [1.807, 2.05) is 0 Å². The zero-order valence-corrected chi connectivity index (χ0v) is 8.60. The summed E-state index contributed by atoms with van der Waals surface area (Å²) in [4.78, 5) is 17.1. The van der Waals surface area contributed by atoms with Crippen LogP contribution >= 0.6 is 0 Å². The lowest BCUT2D eigenvalue weighted by molar-refractivity contribution is -0.127. The van der Waals surface area contributed by atoms with Crippen LogP contribution in [0.15, 0.2) is 24.5 Å². The highest BCUT2D eigenvalue weighted by atomic mass is 16.5. The molecule has 0 fully saturated rings. The van der Waals surface area contributed by atoms with Gasteiger partial charge in [-0.2, -0.15) is 0 Å². The first kappa shape index (κ1) is 10.7. The van der Waals surface area contributed by atoms with E-state index >= 15 is 0 Å². The van der Waals surface area contributed by atoms with E-state index in [9.17, 15) is 4.79 Å². The number of pyridine rings is 1. The van der Waals surface area contributed by atoms with Gasteiger partial charge >= 0.3 is 0 Å². The Morgan fingerprint density at radius 2 is 2.07 bits per heavy atom. The van der Waals surface area contributed by atoms with Crippen LogP contribution in [0.4, 0.5) is 5.69 Å². The molecule has 0 saturated carbocycles. The summed E-state index contributed by atoms with van der Waals surface area (Å²) in [5, 5.41) is 0. The number of hydrogen-bond acceptors (Lipinski definition) is 3. The Morgan fingerprint density at radius 1 is 1.50 bits per heavy atom. The first-order valence-corrected chi connectivity index (χ1v) is 4.37. The van der Waals surface area contributed by atoms with E-state index in [-0.39, 0.29) is 5.91 Å². The first-order chi connectivity index (χ1) is 6.66. The molecule has 14 heavy (non-hydrogen) atoms. The monoisotopic (exact) mass is 194 g/mol. The van der Waals surface area contributed by atoms with Crippen molar-refractivity contribution < 1.29 is 9.53 Å². The van der Waals surface area contributed by atoms with Gasteiger partial charge in [0.05, 0.1) is 0 Å². The maximum Gasteiger partial charge on any atom is 0.255 e. The zero-order chi connectivity index (χ0) is 10.6. The topological polar surface area (TPSA) is 42.4 Å². The van der Waals surface area contributed by atoms with E-state index < -0.39 is 6.10 Å². The van der Waals surface area contributed by atoms with Crippen molar-refractivity contribution in [2.45, 2.75) is 13.0 Å². The molecule has 1 unspecified atom stereocenters. The highest BCUT2D eigenvalue weighted by Crippen LogP contribution is 2.11. The molecule has 1 heterocycles. The molecule has 0 spiro atoms. The second-order valence-corrected chi connectivity index (χ2v) is 2.98. The number of nitrogens with zero attached hydrogens (tertiary/aromatic N) is 2. The Kier molecular flexibility index (Phi) is 3.59. The second kappa shape index (κ2) is 4.72. The number of rotatable bonds is 3. The number of methoxy groups -OCH3 is 1. The fourth-order valence-corrected chi connectivity index (χ4v) is 1.07. The van der Waals surface area contributed by atoms with Crippen LogP contribution in [0, 0.1) is 0 Å². The van der Waals surface area contributed by atoms with Crippen LogP contribution in [0.1, 0.15) is 6.92 Å². The minimum Gasteiger partial charge on any atom is -0.372 e. The van der Waals surface area contributed by atoms with Gasteiger partial charge in [-0.05, 0) is 19.1 Å². The summed E-state index contributed by atoms with van der Waals surface area (Å²) in [6, 6.07) is 3.56. The van der Waals surface area contributed by atoms with Gasteiger partial charge in [0.25, 0.3) is 5.91 Å². The van der Waals surface area contributed by atoms with Crippen molar-refractivity contribution in [2.75, 3.05) is 19.1 Å². The fraction of sp³-hybridized carbons (Fsp3) is 0.400. The summed E-state index contributed by atoms with van der Waals surface area (Å²) in [6.45, 7) is 1.72. The molecule has 0 saturated heterocycles. The van der Waals surface area contributed by atoms with Gasteiger partial charge in [-0.3, -0.25) is 9.78 Å². The summed E-state index contributed by atoms with van der Waals surface area (Å²) in [5.41, 5.74) is 0.814. The SMILES string of the molecule is COC(C)C(=O)N(C)c1ccncc1. The van der Waals surface area contributed by atoms with Crippen molar-refractivity contribution in [3.05, 3.63) is 24.5 Å². The molecule has 4 nitrogen and oxygen atoms in total. The van der Waals surface area contributed by atoms with Crippen LogP contribution in [-0.4, -0.2) is 31.2 Å². The molecule has 0 aliphatic heterocycles. The Hall–Kier alpha value is -1.42. The Balaban J connectivity index is 2.76. The maximum atomic E-state index is 11.7. The van der Waals surface area contributed by atoms with Crippen molar-refractivity contribution in [3.63, 3.8) is 0 Å². The molecule has 0 radical (unpaired) electrons. The van der Waals surface area contributed by atoms with Crippen molar-refractivity contribution >= 4 is 11.6 Å². The quantitative estimate of drug-likeness (QED) is 0.723. The number of carbonyl (C=O) groups excluding carboxylic acids is 1. The molecule has 0 aliphatic rings. The van der Waals surface area contributed by atoms with Gasteiger partial charge in [-0.25, -0.2) is 0 Å². The van der Waals surface area contributed by atoms with Gasteiger partial charge in [0, 0.05) is 32.2 Å². The zero-order valence-electron chi connectivity index (χ0n) is 8.60. The molecule has 1 amide bonds. The molecule has 0 bridgehead atoms. The summed E-state index contributed by atoms with van der Waals surface area (Å²) in [5.74, 6) is -0.0706. The summed E-state index contributed by atoms with van der Waals surface area (Å²) in [6.07, 6.45) is 2.88. The molecule has 0 N–H and O–H groups in total. The van der Waals surface area contributed by atoms with Crippen molar-refractivity contribution in [1.29, 1.82) is 0 Å². The number of ether oxygens (including phenoxy) is 1. The summed E-state index contributed by atoms with van der Waals surface area (Å²) in [7, 11) is 3.23. The van der Waals surface area contributed by atoms with Gasteiger partial charge < -0.3 is 9.64 Å². The number of carbonyl (C=O) groups is 1. The highest BCUT2D eigenvalue weighted by molar-refractivity contribution is 5.95. The lowest BCUT2D eigenvalue weighted by Crippen LogP contribution is -2.35. The number of aromatic nitrogens is 1. The summed E-state index contributed by atoms with van der Waals surface area (Å²) >= 11 is 0. The van der Waals surface area contributed by atoms with Gasteiger partial charge in [0.2, 0.25) is 0 Å². The lowest BCUT2D eigenvalue weighted by atomic mass is 10.3. The maximum absolute atomic E-state index is 11.7. The largest absolute Gasteiger partial charge is 0.372 e. The van der Waals surface area contributed by atoms with Gasteiger partial charge in [-0.1, -0.05) is 0 Å². The number of amides is 1. The van der Waals surface area contributed by atoms with Crippen LogP contribution in [0.2, 0.25) is 0 Å². The minimum absolute atomic E-state index is 0.0706. The third-order valence-corrected chi connectivity index (χ3v) is 2.08. The highest BCUT2D eigenvalue weighted by Gasteiger charge is 2.17. The Bertz CT molecular complexity index is 300. The number of likely N-dealkylation sites (N-methyl/N-ethyl adjacent to an activating group) is 1. The van der Waals surface area contributed by atoms with Gasteiger partial charge in [-0.15, -0.1) is 0 Å². The molecule has 76 valence electrons. The van der Waals surface area contributed by atoms with Crippen LogP contribution in [0.3, 0.4) is 0 Å². The van der Waals surface area contributed by atoms with Gasteiger partial charge in [0.1, 0.15) is 6.10 Å². The normalized spacial score (nSPS) is 12.2. The predicted molar refractivity (Wildman–Crippen MR) is 54.1 cm³/mol. The Labute approximate surface area is 83.5 Å². The molecular weight excluding hydrogens is 180 g/mol. The standard InChI is InChI=1S/C10H14N2O2/c1-8(14-3)10(13)12(2)9-4-6-11-7-5-9/h4-8H,1-3H3. The number of hydrogen-bond donors (Lipinski definition) is 0. The molecule has 1 aromatic heterocycles. The van der Waals surface area contributed by atoms with Gasteiger partial charge in [0.15, 0.2) is 0 Å². The molecule has 0 aliphatic carbocycles. The average Bonchev–Trinajstić information content (AvgIpc) is 2.27.